The maximum atomic E-state index is 13.0. The molecule has 1 saturated heterocycles. The Morgan fingerprint density at radius 2 is 1.73 bits per heavy atom. The number of rotatable bonds is 1. The zero-order chi connectivity index (χ0) is 16.8. The lowest BCUT2D eigenvalue weighted by Gasteiger charge is -2.34. The van der Waals surface area contributed by atoms with Gasteiger partial charge in [-0.2, -0.15) is 31.6 Å². The second-order valence-corrected chi connectivity index (χ2v) is 5.46. The van der Waals surface area contributed by atoms with Gasteiger partial charge in [-0.05, 0) is 24.6 Å². The van der Waals surface area contributed by atoms with E-state index in [1.165, 1.54) is 18.2 Å². The molecule has 0 amide bonds. The number of anilines is 1. The van der Waals surface area contributed by atoms with Gasteiger partial charge in [0.05, 0.1) is 11.3 Å². The minimum atomic E-state index is -5.43. The molecule has 1 aromatic rings. The molecule has 0 bridgehead atoms. The quantitative estimate of drug-likeness (QED) is 0.701. The predicted molar refractivity (Wildman–Crippen MR) is 67.5 cm³/mol. The topological polar surface area (TPSA) is 27.0 Å². The molecule has 0 saturated carbocycles. The first-order valence-electron chi connectivity index (χ1n) is 6.10. The number of halogens is 7. The van der Waals surface area contributed by atoms with E-state index in [4.69, 9.17) is 16.9 Å². The number of benzene rings is 1. The molecule has 1 heterocycles. The average Bonchev–Trinajstić information content (AvgIpc) is 2.84. The van der Waals surface area contributed by atoms with Crippen molar-refractivity contribution in [2.45, 2.75) is 18.8 Å². The smallest absolute Gasteiger partial charge is 0.369 e. The Kier molecular flexibility index (Phi) is 3.98. The maximum absolute atomic E-state index is 13.0. The van der Waals surface area contributed by atoms with Crippen molar-refractivity contribution in [3.63, 3.8) is 0 Å². The Morgan fingerprint density at radius 3 is 2.18 bits per heavy atom. The van der Waals surface area contributed by atoms with Crippen LogP contribution in [0.4, 0.5) is 32.0 Å². The number of alkyl halides is 6. The minimum absolute atomic E-state index is 0.0228. The summed E-state index contributed by atoms with van der Waals surface area (Å²) >= 11 is 5.72. The minimum Gasteiger partial charge on any atom is -0.369 e. The van der Waals surface area contributed by atoms with Crippen molar-refractivity contribution in [3.8, 4) is 6.07 Å². The summed E-state index contributed by atoms with van der Waals surface area (Å²) in [6, 6.07) is 5.55. The molecule has 2 rings (SSSR count). The van der Waals surface area contributed by atoms with Gasteiger partial charge in [-0.3, -0.25) is 0 Å². The molecule has 120 valence electrons. The highest BCUT2D eigenvalue weighted by Gasteiger charge is 2.72. The van der Waals surface area contributed by atoms with Crippen molar-refractivity contribution in [1.29, 1.82) is 5.26 Å². The molecule has 0 spiro atoms. The van der Waals surface area contributed by atoms with Crippen molar-refractivity contribution in [2.75, 3.05) is 18.0 Å². The summed E-state index contributed by atoms with van der Waals surface area (Å²) in [5.41, 5.74) is -3.84. The summed E-state index contributed by atoms with van der Waals surface area (Å²) in [4.78, 5) is 0.908. The molecule has 0 atom stereocenters. The van der Waals surface area contributed by atoms with Gasteiger partial charge in [-0.15, -0.1) is 0 Å². The first-order valence-corrected chi connectivity index (χ1v) is 6.48. The van der Waals surface area contributed by atoms with Crippen LogP contribution in [0.15, 0.2) is 18.2 Å². The van der Waals surface area contributed by atoms with Crippen LogP contribution in [0, 0.1) is 16.7 Å². The summed E-state index contributed by atoms with van der Waals surface area (Å²) in [6.45, 7) is -1.75. The average molecular weight is 343 g/mol. The van der Waals surface area contributed by atoms with E-state index in [0.717, 1.165) is 4.90 Å². The largest absolute Gasteiger partial charge is 0.404 e. The van der Waals surface area contributed by atoms with Gasteiger partial charge in [0.1, 0.15) is 6.07 Å². The van der Waals surface area contributed by atoms with Crippen LogP contribution in [-0.2, 0) is 0 Å². The molecule has 2 nitrogen and oxygen atoms in total. The summed E-state index contributed by atoms with van der Waals surface area (Å²) in [6.07, 6.45) is -12.0. The van der Waals surface area contributed by atoms with Gasteiger partial charge in [0.2, 0.25) is 0 Å². The molecule has 0 aliphatic carbocycles. The van der Waals surface area contributed by atoms with Crippen LogP contribution < -0.4 is 4.90 Å². The summed E-state index contributed by atoms with van der Waals surface area (Å²) < 4.78 is 78.1. The van der Waals surface area contributed by atoms with Crippen LogP contribution in [0.25, 0.3) is 0 Å². The Bertz CT molecular complexity index is 602. The Labute approximate surface area is 126 Å². The highest BCUT2D eigenvalue weighted by molar-refractivity contribution is 6.30. The van der Waals surface area contributed by atoms with E-state index in [1.807, 2.05) is 0 Å². The molecule has 1 aromatic carbocycles. The van der Waals surface area contributed by atoms with E-state index in [1.54, 1.807) is 6.07 Å². The molecule has 22 heavy (non-hydrogen) atoms. The van der Waals surface area contributed by atoms with Gasteiger partial charge in [0.25, 0.3) is 0 Å². The second-order valence-electron chi connectivity index (χ2n) is 5.02. The van der Waals surface area contributed by atoms with Gasteiger partial charge >= 0.3 is 12.4 Å². The third kappa shape index (κ3) is 2.58. The lowest BCUT2D eigenvalue weighted by molar-refractivity contribution is -0.332. The van der Waals surface area contributed by atoms with Gasteiger partial charge < -0.3 is 4.90 Å². The second kappa shape index (κ2) is 5.23. The van der Waals surface area contributed by atoms with Crippen molar-refractivity contribution >= 4 is 17.3 Å². The number of hydrogen-bond donors (Lipinski definition) is 0. The lowest BCUT2D eigenvalue weighted by Crippen LogP contribution is -2.51. The SMILES string of the molecule is N#Cc1ccc(Cl)cc1N1CCC(C(F)(F)F)(C(F)(F)F)C1. The summed E-state index contributed by atoms with van der Waals surface area (Å²) in [5, 5.41) is 9.09. The van der Waals surface area contributed by atoms with Gasteiger partial charge in [0.15, 0.2) is 5.41 Å². The molecule has 9 heteroatoms. The standard InChI is InChI=1S/C13H9ClF6N2/c14-9-2-1-8(6-21)10(5-9)22-4-3-11(7-22,12(15,16)17)13(18,19)20/h1-2,5H,3-4,7H2. The third-order valence-electron chi connectivity index (χ3n) is 3.78. The normalized spacial score (nSPS) is 18.4. The number of hydrogen-bond acceptors (Lipinski definition) is 2. The molecule has 1 fully saturated rings. The molecule has 0 N–H and O–H groups in total. The highest BCUT2D eigenvalue weighted by Crippen LogP contribution is 2.56. The Balaban J connectivity index is 2.44. The molecule has 1 aliphatic rings. The number of nitriles is 1. The zero-order valence-electron chi connectivity index (χ0n) is 10.9. The van der Waals surface area contributed by atoms with E-state index in [-0.39, 0.29) is 16.3 Å². The van der Waals surface area contributed by atoms with E-state index in [2.05, 4.69) is 0 Å². The molecule has 0 radical (unpaired) electrons. The van der Waals surface area contributed by atoms with Crippen LogP contribution in [0.1, 0.15) is 12.0 Å². The maximum Gasteiger partial charge on any atom is 0.404 e. The predicted octanol–water partition coefficient (Wildman–Crippen LogP) is 4.53. The van der Waals surface area contributed by atoms with Crippen molar-refractivity contribution in [1.82, 2.24) is 0 Å². The fourth-order valence-corrected chi connectivity index (χ4v) is 2.67. The lowest BCUT2D eigenvalue weighted by atomic mass is 9.85. The molecule has 0 aromatic heterocycles. The fraction of sp³-hybridized carbons (Fsp3) is 0.462. The summed E-state index contributed by atoms with van der Waals surface area (Å²) in [7, 11) is 0. The first kappa shape index (κ1) is 16.7. The van der Waals surface area contributed by atoms with Crippen LogP contribution in [0.5, 0.6) is 0 Å². The monoisotopic (exact) mass is 342 g/mol. The van der Waals surface area contributed by atoms with Crippen LogP contribution >= 0.6 is 11.6 Å². The molecule has 1 aliphatic heterocycles. The van der Waals surface area contributed by atoms with Crippen molar-refractivity contribution < 1.29 is 26.3 Å². The van der Waals surface area contributed by atoms with Crippen LogP contribution in [-0.4, -0.2) is 25.4 Å². The van der Waals surface area contributed by atoms with Gasteiger partial charge in [0, 0.05) is 18.1 Å². The molecular weight excluding hydrogens is 334 g/mol. The van der Waals surface area contributed by atoms with E-state index in [0.29, 0.717) is 0 Å². The Morgan fingerprint density at radius 1 is 1.14 bits per heavy atom. The van der Waals surface area contributed by atoms with Crippen molar-refractivity contribution in [3.05, 3.63) is 28.8 Å². The van der Waals surface area contributed by atoms with E-state index >= 15 is 0 Å². The fourth-order valence-electron chi connectivity index (χ4n) is 2.50. The number of nitrogens with zero attached hydrogens (tertiary/aromatic N) is 2. The van der Waals surface area contributed by atoms with Gasteiger partial charge in [-0.25, -0.2) is 0 Å². The van der Waals surface area contributed by atoms with Crippen LogP contribution in [0.2, 0.25) is 5.02 Å². The molecule has 0 unspecified atom stereocenters. The Hall–Kier alpha value is -1.62. The van der Waals surface area contributed by atoms with Gasteiger partial charge in [-0.1, -0.05) is 11.6 Å². The summed E-state index contributed by atoms with van der Waals surface area (Å²) in [5.74, 6) is 0. The van der Waals surface area contributed by atoms with Crippen LogP contribution in [0.3, 0.4) is 0 Å². The zero-order valence-corrected chi connectivity index (χ0v) is 11.6. The van der Waals surface area contributed by atoms with E-state index in [9.17, 15) is 26.3 Å². The third-order valence-corrected chi connectivity index (χ3v) is 4.01. The van der Waals surface area contributed by atoms with Crippen molar-refractivity contribution in [2.24, 2.45) is 5.41 Å². The first-order chi connectivity index (χ1) is 10.0. The highest BCUT2D eigenvalue weighted by atomic mass is 35.5. The molecular formula is C13H9ClF6N2. The van der Waals surface area contributed by atoms with E-state index < -0.39 is 37.3 Å².